The van der Waals surface area contributed by atoms with Crippen molar-refractivity contribution in [2.45, 2.75) is 31.8 Å². The molecule has 0 saturated carbocycles. The van der Waals surface area contributed by atoms with Crippen molar-refractivity contribution in [1.82, 2.24) is 10.6 Å². The third-order valence-corrected chi connectivity index (χ3v) is 2.58. The summed E-state index contributed by atoms with van der Waals surface area (Å²) >= 11 is 0. The van der Waals surface area contributed by atoms with Gasteiger partial charge in [0.15, 0.2) is 0 Å². The van der Waals surface area contributed by atoms with Crippen molar-refractivity contribution in [2.24, 2.45) is 0 Å². The Labute approximate surface area is 101 Å². The van der Waals surface area contributed by atoms with Crippen LogP contribution in [0.5, 0.6) is 0 Å². The van der Waals surface area contributed by atoms with Gasteiger partial charge in [-0.05, 0) is 13.8 Å². The average Bonchev–Trinajstić information content (AvgIpc) is 2.28. The van der Waals surface area contributed by atoms with E-state index in [-0.39, 0.29) is 11.9 Å². The summed E-state index contributed by atoms with van der Waals surface area (Å²) in [5, 5.41) is 5.82. The number of esters is 1. The fourth-order valence-corrected chi connectivity index (χ4v) is 1.68. The van der Waals surface area contributed by atoms with Gasteiger partial charge in [-0.3, -0.25) is 4.79 Å². The van der Waals surface area contributed by atoms with Gasteiger partial charge in [0, 0.05) is 19.0 Å². The SMILES string of the molecule is COC(=O)C(C)(C)NC(=O)CC1COCCN1. The molecule has 0 spiro atoms. The van der Waals surface area contributed by atoms with E-state index in [9.17, 15) is 9.59 Å². The molecular weight excluding hydrogens is 224 g/mol. The third-order valence-electron chi connectivity index (χ3n) is 2.58. The van der Waals surface area contributed by atoms with Gasteiger partial charge in [0.2, 0.25) is 5.91 Å². The number of ether oxygens (including phenoxy) is 2. The van der Waals surface area contributed by atoms with Crippen molar-refractivity contribution >= 4 is 11.9 Å². The fourth-order valence-electron chi connectivity index (χ4n) is 1.68. The second-order valence-corrected chi connectivity index (χ2v) is 4.59. The molecular formula is C11H20N2O4. The van der Waals surface area contributed by atoms with E-state index in [1.54, 1.807) is 13.8 Å². The molecule has 6 nitrogen and oxygen atoms in total. The summed E-state index contributed by atoms with van der Waals surface area (Å²) in [5.41, 5.74) is -0.999. The van der Waals surface area contributed by atoms with Crippen LogP contribution in [0, 0.1) is 0 Å². The number of carbonyl (C=O) groups excluding carboxylic acids is 2. The molecule has 0 bridgehead atoms. The van der Waals surface area contributed by atoms with Crippen molar-refractivity contribution in [2.75, 3.05) is 26.9 Å². The summed E-state index contributed by atoms with van der Waals surface area (Å²) in [7, 11) is 1.30. The number of hydrogen-bond donors (Lipinski definition) is 2. The number of hydrogen-bond acceptors (Lipinski definition) is 5. The Morgan fingerprint density at radius 2 is 2.24 bits per heavy atom. The zero-order chi connectivity index (χ0) is 12.9. The Kier molecular flexibility index (Phi) is 4.89. The van der Waals surface area contributed by atoms with Gasteiger partial charge in [-0.15, -0.1) is 0 Å². The first-order valence-corrected chi connectivity index (χ1v) is 5.66. The van der Waals surface area contributed by atoms with Gasteiger partial charge in [-0.25, -0.2) is 4.79 Å². The van der Waals surface area contributed by atoms with Crippen molar-refractivity contribution in [3.8, 4) is 0 Å². The molecule has 1 heterocycles. The minimum absolute atomic E-state index is 0.0113. The van der Waals surface area contributed by atoms with Crippen LogP contribution in [0.2, 0.25) is 0 Å². The first-order chi connectivity index (χ1) is 7.95. The summed E-state index contributed by atoms with van der Waals surface area (Å²) in [5.74, 6) is -0.651. The predicted octanol–water partition coefficient (Wildman–Crippen LogP) is -0.567. The smallest absolute Gasteiger partial charge is 0.330 e. The lowest BCUT2D eigenvalue weighted by Gasteiger charge is -2.26. The molecule has 0 radical (unpaired) electrons. The molecule has 1 rings (SSSR count). The normalized spacial score (nSPS) is 20.8. The third kappa shape index (κ3) is 4.32. The molecule has 1 aliphatic heterocycles. The van der Waals surface area contributed by atoms with Crippen LogP contribution in [0.1, 0.15) is 20.3 Å². The second-order valence-electron chi connectivity index (χ2n) is 4.59. The van der Waals surface area contributed by atoms with E-state index in [1.807, 2.05) is 0 Å². The zero-order valence-corrected chi connectivity index (χ0v) is 10.5. The molecule has 1 fully saturated rings. The molecule has 1 unspecified atom stereocenters. The van der Waals surface area contributed by atoms with Crippen LogP contribution in [0.4, 0.5) is 0 Å². The highest BCUT2D eigenvalue weighted by Gasteiger charge is 2.31. The van der Waals surface area contributed by atoms with Crippen molar-refractivity contribution in [3.63, 3.8) is 0 Å². The maximum atomic E-state index is 11.7. The average molecular weight is 244 g/mol. The minimum Gasteiger partial charge on any atom is -0.467 e. The number of amides is 1. The summed E-state index contributed by atoms with van der Waals surface area (Å²) in [6.07, 6.45) is 0.292. The number of carbonyl (C=O) groups is 2. The molecule has 17 heavy (non-hydrogen) atoms. The number of nitrogens with one attached hydrogen (secondary N) is 2. The minimum atomic E-state index is -0.999. The zero-order valence-electron chi connectivity index (χ0n) is 10.5. The number of rotatable bonds is 4. The summed E-state index contributed by atoms with van der Waals surface area (Å²) in [6, 6.07) is 0.0113. The fraction of sp³-hybridized carbons (Fsp3) is 0.818. The van der Waals surface area contributed by atoms with E-state index in [1.165, 1.54) is 7.11 Å². The van der Waals surface area contributed by atoms with Crippen LogP contribution < -0.4 is 10.6 Å². The van der Waals surface area contributed by atoms with E-state index in [2.05, 4.69) is 15.4 Å². The van der Waals surface area contributed by atoms with Crippen LogP contribution in [-0.4, -0.2) is 50.3 Å². The van der Waals surface area contributed by atoms with Gasteiger partial charge in [0.1, 0.15) is 5.54 Å². The second kappa shape index (κ2) is 5.97. The maximum Gasteiger partial charge on any atom is 0.330 e. The van der Waals surface area contributed by atoms with E-state index in [4.69, 9.17) is 4.74 Å². The summed E-state index contributed by atoms with van der Waals surface area (Å²) in [4.78, 5) is 23.1. The molecule has 0 aromatic carbocycles. The highest BCUT2D eigenvalue weighted by molar-refractivity contribution is 5.87. The number of methoxy groups -OCH3 is 1. The van der Waals surface area contributed by atoms with Gasteiger partial charge in [0.05, 0.1) is 20.3 Å². The van der Waals surface area contributed by atoms with Gasteiger partial charge in [-0.2, -0.15) is 0 Å². The molecule has 98 valence electrons. The Balaban J connectivity index is 2.40. The van der Waals surface area contributed by atoms with E-state index in [0.717, 1.165) is 6.54 Å². The van der Waals surface area contributed by atoms with Crippen LogP contribution >= 0.6 is 0 Å². The molecule has 0 aromatic rings. The summed E-state index contributed by atoms with van der Waals surface area (Å²) < 4.78 is 9.86. The Morgan fingerprint density at radius 3 is 2.76 bits per heavy atom. The van der Waals surface area contributed by atoms with E-state index >= 15 is 0 Å². The number of morpholine rings is 1. The lowest BCUT2D eigenvalue weighted by Crippen LogP contribution is -2.52. The monoisotopic (exact) mass is 244 g/mol. The standard InChI is InChI=1S/C11H20N2O4/c1-11(2,10(15)16-3)13-9(14)6-8-7-17-5-4-12-8/h8,12H,4-7H2,1-3H3,(H,13,14). The largest absolute Gasteiger partial charge is 0.467 e. The van der Waals surface area contributed by atoms with E-state index in [0.29, 0.717) is 19.6 Å². The highest BCUT2D eigenvalue weighted by Crippen LogP contribution is 2.06. The van der Waals surface area contributed by atoms with Crippen LogP contribution in [-0.2, 0) is 19.1 Å². The molecule has 1 aliphatic rings. The Bertz CT molecular complexity index is 285. The first-order valence-electron chi connectivity index (χ1n) is 5.66. The van der Waals surface area contributed by atoms with Crippen molar-refractivity contribution < 1.29 is 19.1 Å². The molecule has 1 amide bonds. The molecule has 6 heteroatoms. The molecule has 0 aliphatic carbocycles. The Hall–Kier alpha value is -1.14. The quantitative estimate of drug-likeness (QED) is 0.648. The lowest BCUT2D eigenvalue weighted by molar-refractivity contribution is -0.149. The van der Waals surface area contributed by atoms with Crippen LogP contribution in [0.3, 0.4) is 0 Å². The van der Waals surface area contributed by atoms with Gasteiger partial charge in [0.25, 0.3) is 0 Å². The van der Waals surface area contributed by atoms with Crippen LogP contribution in [0.25, 0.3) is 0 Å². The molecule has 0 aromatic heterocycles. The van der Waals surface area contributed by atoms with Gasteiger partial charge < -0.3 is 20.1 Å². The first kappa shape index (κ1) is 13.9. The van der Waals surface area contributed by atoms with Crippen molar-refractivity contribution in [1.29, 1.82) is 0 Å². The Morgan fingerprint density at radius 1 is 1.53 bits per heavy atom. The topological polar surface area (TPSA) is 76.7 Å². The van der Waals surface area contributed by atoms with Gasteiger partial charge >= 0.3 is 5.97 Å². The highest BCUT2D eigenvalue weighted by atomic mass is 16.5. The molecule has 1 saturated heterocycles. The van der Waals surface area contributed by atoms with Gasteiger partial charge in [-0.1, -0.05) is 0 Å². The molecule has 2 N–H and O–H groups in total. The lowest BCUT2D eigenvalue weighted by atomic mass is 10.1. The predicted molar refractivity (Wildman–Crippen MR) is 61.5 cm³/mol. The summed E-state index contributed by atoms with van der Waals surface area (Å²) in [6.45, 7) is 5.17. The maximum absolute atomic E-state index is 11.7. The van der Waals surface area contributed by atoms with Crippen molar-refractivity contribution in [3.05, 3.63) is 0 Å². The molecule has 1 atom stereocenters. The van der Waals surface area contributed by atoms with E-state index < -0.39 is 11.5 Å². The van der Waals surface area contributed by atoms with Crippen LogP contribution in [0.15, 0.2) is 0 Å².